The third kappa shape index (κ3) is 2.70. The predicted molar refractivity (Wildman–Crippen MR) is 79.6 cm³/mol. The second-order valence-electron chi connectivity index (χ2n) is 4.78. The van der Waals surface area contributed by atoms with Gasteiger partial charge >= 0.3 is 0 Å². The monoisotopic (exact) mass is 304 g/mol. The lowest BCUT2D eigenvalue weighted by atomic mass is 10.1. The maximum absolute atomic E-state index is 11.1. The van der Waals surface area contributed by atoms with Crippen LogP contribution in [0.1, 0.15) is 17.2 Å². The molecule has 0 amide bonds. The van der Waals surface area contributed by atoms with Crippen LogP contribution < -0.4 is 10.1 Å². The number of nitrogens with zero attached hydrogens (tertiary/aromatic N) is 1. The van der Waals surface area contributed by atoms with Crippen molar-refractivity contribution >= 4 is 17.3 Å². The average molecular weight is 305 g/mol. The predicted octanol–water partition coefficient (Wildman–Crippen LogP) is 3.47. The Morgan fingerprint density at radius 2 is 2.10 bits per heavy atom. The fourth-order valence-electron chi connectivity index (χ4n) is 2.45. The van der Waals surface area contributed by atoms with Gasteiger partial charge in [-0.15, -0.1) is 0 Å². The Hall–Kier alpha value is -2.11. The van der Waals surface area contributed by atoms with Gasteiger partial charge in [-0.2, -0.15) is 0 Å². The Morgan fingerprint density at radius 1 is 1.29 bits per heavy atom. The first kappa shape index (κ1) is 13.9. The van der Waals surface area contributed by atoms with Gasteiger partial charge in [0.2, 0.25) is 0 Å². The van der Waals surface area contributed by atoms with E-state index in [0.717, 1.165) is 11.3 Å². The molecule has 1 aliphatic rings. The summed E-state index contributed by atoms with van der Waals surface area (Å²) in [5.74, 6) is 0.851. The molecule has 108 valence electrons. The molecule has 0 saturated carbocycles. The van der Waals surface area contributed by atoms with Gasteiger partial charge < -0.3 is 10.1 Å². The van der Waals surface area contributed by atoms with Gasteiger partial charge in [0.15, 0.2) is 0 Å². The molecule has 21 heavy (non-hydrogen) atoms. The number of para-hydroxylation sites is 1. The van der Waals surface area contributed by atoms with Crippen LogP contribution >= 0.6 is 11.6 Å². The lowest BCUT2D eigenvalue weighted by Crippen LogP contribution is -2.22. The zero-order valence-corrected chi connectivity index (χ0v) is 11.8. The average Bonchev–Trinajstić information content (AvgIpc) is 2.89. The molecular weight excluding hydrogens is 292 g/mol. The summed E-state index contributed by atoms with van der Waals surface area (Å²) >= 11 is 6.08. The molecule has 3 rings (SSSR count). The Morgan fingerprint density at radius 3 is 2.90 bits per heavy atom. The molecule has 1 atom stereocenters. The summed E-state index contributed by atoms with van der Waals surface area (Å²) in [6, 6.07) is 12.5. The van der Waals surface area contributed by atoms with Gasteiger partial charge in [0, 0.05) is 18.2 Å². The quantitative estimate of drug-likeness (QED) is 0.694. The zero-order chi connectivity index (χ0) is 14.8. The Kier molecular flexibility index (Phi) is 3.77. The molecule has 1 N–H and O–H groups in total. The second kappa shape index (κ2) is 5.71. The molecule has 1 unspecified atom stereocenters. The van der Waals surface area contributed by atoms with Crippen molar-refractivity contribution in [1.29, 1.82) is 0 Å². The van der Waals surface area contributed by atoms with Crippen molar-refractivity contribution in [3.63, 3.8) is 0 Å². The van der Waals surface area contributed by atoms with Crippen LogP contribution in [-0.2, 0) is 6.54 Å². The first-order valence-electron chi connectivity index (χ1n) is 6.53. The SMILES string of the molecule is O=[N+]([O-])c1cccc(Cl)c1CNC1COc2ccccc21. The smallest absolute Gasteiger partial charge is 0.275 e. The molecule has 0 bridgehead atoms. The van der Waals surface area contributed by atoms with Gasteiger partial charge in [-0.1, -0.05) is 35.9 Å². The normalized spacial score (nSPS) is 16.3. The number of nitro groups is 1. The number of fused-ring (bicyclic) bond motifs is 1. The molecule has 0 saturated heterocycles. The Bertz CT molecular complexity index is 690. The van der Waals surface area contributed by atoms with E-state index in [1.807, 2.05) is 24.3 Å². The summed E-state index contributed by atoms with van der Waals surface area (Å²) in [6.07, 6.45) is 0. The molecular formula is C15H13ClN2O3. The summed E-state index contributed by atoms with van der Waals surface area (Å²) in [6.45, 7) is 0.829. The first-order valence-corrected chi connectivity index (χ1v) is 6.91. The Balaban J connectivity index is 1.79. The number of nitro benzene ring substituents is 1. The minimum atomic E-state index is -0.415. The van der Waals surface area contributed by atoms with Gasteiger partial charge in [0.05, 0.1) is 21.6 Å². The number of halogens is 1. The maximum Gasteiger partial charge on any atom is 0.275 e. The van der Waals surface area contributed by atoms with E-state index in [1.54, 1.807) is 12.1 Å². The number of hydrogen-bond donors (Lipinski definition) is 1. The molecule has 0 aliphatic carbocycles. The fraction of sp³-hybridized carbons (Fsp3) is 0.200. The fourth-order valence-corrected chi connectivity index (χ4v) is 2.69. The van der Waals surface area contributed by atoms with Gasteiger partial charge in [-0.05, 0) is 12.1 Å². The van der Waals surface area contributed by atoms with Gasteiger partial charge in [0.25, 0.3) is 5.69 Å². The third-order valence-corrected chi connectivity index (χ3v) is 3.87. The molecule has 2 aromatic carbocycles. The summed E-state index contributed by atoms with van der Waals surface area (Å²) in [5.41, 5.74) is 1.59. The van der Waals surface area contributed by atoms with E-state index in [1.165, 1.54) is 6.07 Å². The van der Waals surface area contributed by atoms with Crippen molar-refractivity contribution in [3.05, 3.63) is 68.7 Å². The number of benzene rings is 2. The highest BCUT2D eigenvalue weighted by Crippen LogP contribution is 2.33. The highest BCUT2D eigenvalue weighted by molar-refractivity contribution is 6.31. The topological polar surface area (TPSA) is 64.4 Å². The van der Waals surface area contributed by atoms with Crippen molar-refractivity contribution in [2.75, 3.05) is 6.61 Å². The highest BCUT2D eigenvalue weighted by Gasteiger charge is 2.24. The molecule has 0 spiro atoms. The van der Waals surface area contributed by atoms with Crippen LogP contribution in [-0.4, -0.2) is 11.5 Å². The van der Waals surface area contributed by atoms with Crippen LogP contribution in [0.25, 0.3) is 0 Å². The van der Waals surface area contributed by atoms with Crippen LogP contribution in [0.5, 0.6) is 5.75 Å². The minimum absolute atomic E-state index is 0.0112. The standard InChI is InChI=1S/C15H13ClN2O3/c16-12-5-3-6-14(18(19)20)11(12)8-17-13-9-21-15-7-2-1-4-10(13)15/h1-7,13,17H,8-9H2. The van der Waals surface area contributed by atoms with Gasteiger partial charge in [-0.3, -0.25) is 10.1 Å². The molecule has 1 heterocycles. The third-order valence-electron chi connectivity index (χ3n) is 3.52. The summed E-state index contributed by atoms with van der Waals surface area (Å²) < 4.78 is 5.58. The zero-order valence-electron chi connectivity index (χ0n) is 11.1. The second-order valence-corrected chi connectivity index (χ2v) is 5.18. The van der Waals surface area contributed by atoms with E-state index in [2.05, 4.69) is 5.32 Å². The lowest BCUT2D eigenvalue weighted by molar-refractivity contribution is -0.385. The molecule has 0 fully saturated rings. The van der Waals surface area contributed by atoms with E-state index < -0.39 is 4.92 Å². The Labute approximate surface area is 126 Å². The van der Waals surface area contributed by atoms with Gasteiger partial charge in [-0.25, -0.2) is 0 Å². The largest absolute Gasteiger partial charge is 0.491 e. The van der Waals surface area contributed by atoms with E-state index in [9.17, 15) is 10.1 Å². The van der Waals surface area contributed by atoms with Crippen LogP contribution in [0.3, 0.4) is 0 Å². The number of hydrogen-bond acceptors (Lipinski definition) is 4. The van der Waals surface area contributed by atoms with Crippen molar-refractivity contribution in [2.45, 2.75) is 12.6 Å². The van der Waals surface area contributed by atoms with E-state index in [-0.39, 0.29) is 11.7 Å². The minimum Gasteiger partial charge on any atom is -0.491 e. The van der Waals surface area contributed by atoms with E-state index in [0.29, 0.717) is 23.7 Å². The van der Waals surface area contributed by atoms with Gasteiger partial charge in [0.1, 0.15) is 12.4 Å². The summed E-state index contributed by atoms with van der Waals surface area (Å²) in [7, 11) is 0. The van der Waals surface area contributed by atoms with E-state index >= 15 is 0 Å². The molecule has 1 aliphatic heterocycles. The number of nitrogens with one attached hydrogen (secondary N) is 1. The molecule has 0 radical (unpaired) electrons. The van der Waals surface area contributed by atoms with Crippen molar-refractivity contribution in [2.24, 2.45) is 0 Å². The van der Waals surface area contributed by atoms with Crippen molar-refractivity contribution in [3.8, 4) is 5.75 Å². The van der Waals surface area contributed by atoms with Crippen LogP contribution in [0.15, 0.2) is 42.5 Å². The van der Waals surface area contributed by atoms with Crippen LogP contribution in [0, 0.1) is 10.1 Å². The number of rotatable bonds is 4. The highest BCUT2D eigenvalue weighted by atomic mass is 35.5. The molecule has 5 nitrogen and oxygen atoms in total. The molecule has 2 aromatic rings. The molecule has 6 heteroatoms. The van der Waals surface area contributed by atoms with Crippen LogP contribution in [0.2, 0.25) is 5.02 Å². The number of ether oxygens (including phenoxy) is 1. The van der Waals surface area contributed by atoms with Crippen LogP contribution in [0.4, 0.5) is 5.69 Å². The molecule has 0 aromatic heterocycles. The lowest BCUT2D eigenvalue weighted by Gasteiger charge is -2.12. The van der Waals surface area contributed by atoms with Crippen molar-refractivity contribution < 1.29 is 9.66 Å². The summed E-state index contributed by atoms with van der Waals surface area (Å²) in [4.78, 5) is 10.6. The van der Waals surface area contributed by atoms with Crippen molar-refractivity contribution in [1.82, 2.24) is 5.32 Å². The summed E-state index contributed by atoms with van der Waals surface area (Å²) in [5, 5.41) is 14.7. The first-order chi connectivity index (χ1) is 10.2. The maximum atomic E-state index is 11.1. The van der Waals surface area contributed by atoms with E-state index in [4.69, 9.17) is 16.3 Å².